The summed E-state index contributed by atoms with van der Waals surface area (Å²) in [6, 6.07) is 7.75. The van der Waals surface area contributed by atoms with Crippen molar-refractivity contribution in [3.63, 3.8) is 0 Å². The highest BCUT2D eigenvalue weighted by Crippen LogP contribution is 2.32. The van der Waals surface area contributed by atoms with Crippen LogP contribution in [0.3, 0.4) is 0 Å². The van der Waals surface area contributed by atoms with Crippen LogP contribution in [0, 0.1) is 0 Å². The van der Waals surface area contributed by atoms with Crippen molar-refractivity contribution >= 4 is 46.6 Å². The molecule has 1 aromatic carbocycles. The molecule has 2 aromatic rings. The highest BCUT2D eigenvalue weighted by atomic mass is 32.1. The number of nitrogens with one attached hydrogen (secondary N) is 2. The van der Waals surface area contributed by atoms with Gasteiger partial charge in [0, 0.05) is 24.1 Å². The third-order valence-electron chi connectivity index (χ3n) is 6.65. The molecule has 41 heavy (non-hydrogen) atoms. The number of hydrogen-bond donors (Lipinski definition) is 5. The van der Waals surface area contributed by atoms with Crippen molar-refractivity contribution in [1.29, 1.82) is 0 Å². The summed E-state index contributed by atoms with van der Waals surface area (Å²) < 4.78 is 0. The zero-order valence-electron chi connectivity index (χ0n) is 22.6. The van der Waals surface area contributed by atoms with Crippen molar-refractivity contribution in [1.82, 2.24) is 10.6 Å². The summed E-state index contributed by atoms with van der Waals surface area (Å²) >= 11 is 1.67. The molecule has 218 valence electrons. The van der Waals surface area contributed by atoms with E-state index in [0.29, 0.717) is 6.42 Å². The fraction of sp³-hybridized carbons (Fsp3) is 0.367. The summed E-state index contributed by atoms with van der Waals surface area (Å²) in [7, 11) is 0. The molecule has 10 nitrogen and oxygen atoms in total. The molecule has 0 fully saturated rings. The number of carboxylic acid groups (broad SMARTS) is 2. The number of carbonyl (C=O) groups excluding carboxylic acids is 3. The lowest BCUT2D eigenvalue weighted by Gasteiger charge is -2.21. The molecule has 3 amide bonds. The van der Waals surface area contributed by atoms with E-state index in [-0.39, 0.29) is 38.5 Å². The van der Waals surface area contributed by atoms with Gasteiger partial charge in [-0.05, 0) is 72.2 Å². The maximum absolute atomic E-state index is 12.8. The van der Waals surface area contributed by atoms with Crippen LogP contribution >= 0.6 is 11.3 Å². The van der Waals surface area contributed by atoms with E-state index in [0.717, 1.165) is 28.8 Å². The van der Waals surface area contributed by atoms with Gasteiger partial charge < -0.3 is 26.6 Å². The van der Waals surface area contributed by atoms with Crippen LogP contribution in [0.2, 0.25) is 0 Å². The predicted molar refractivity (Wildman–Crippen MR) is 156 cm³/mol. The lowest BCUT2D eigenvalue weighted by molar-refractivity contribution is -0.138. The molecule has 0 unspecified atom stereocenters. The first kappa shape index (κ1) is 31.3. The molecule has 11 heteroatoms. The van der Waals surface area contributed by atoms with Gasteiger partial charge >= 0.3 is 11.9 Å². The minimum absolute atomic E-state index is 0.00462. The van der Waals surface area contributed by atoms with E-state index in [2.05, 4.69) is 40.3 Å². The molecule has 0 radical (unpaired) electrons. The Labute approximate surface area is 242 Å². The van der Waals surface area contributed by atoms with Crippen molar-refractivity contribution in [2.45, 2.75) is 69.9 Å². The Balaban J connectivity index is 1.55. The largest absolute Gasteiger partial charge is 0.481 e. The standard InChI is InChI=1S/C30H35N3O7S/c31-29(39)23(7-4-8-27(35)36)33-30(40)24(14-16-28(37)38)32-26(34)15-11-19-9-12-21(13-10-19)25-17-22(18-41-25)20-5-2-1-3-6-20/h2,5-6,9-10,12-13,17-18,23-24H,1,3-4,7-8,11,14-16H2,(H2,31,39)(H,32,34)(H,33,40)(H,35,36)(H,37,38)/t23-,24-/m0/s1. The second-order valence-electron chi connectivity index (χ2n) is 9.84. The Kier molecular flexibility index (Phi) is 11.8. The summed E-state index contributed by atoms with van der Waals surface area (Å²) in [5.74, 6) is -4.24. The lowest BCUT2D eigenvalue weighted by atomic mass is 10.0. The van der Waals surface area contributed by atoms with Crippen LogP contribution < -0.4 is 16.4 Å². The molecular formula is C30H35N3O7S. The summed E-state index contributed by atoms with van der Waals surface area (Å²) in [5, 5.41) is 25.0. The Bertz CT molecular complexity index is 1310. The summed E-state index contributed by atoms with van der Waals surface area (Å²) in [5.41, 5.74) is 9.77. The van der Waals surface area contributed by atoms with E-state index >= 15 is 0 Å². The first-order valence-corrected chi connectivity index (χ1v) is 14.4. The third kappa shape index (κ3) is 10.3. The number of primary amides is 1. The zero-order valence-corrected chi connectivity index (χ0v) is 23.5. The van der Waals surface area contributed by atoms with Gasteiger partial charge in [0.1, 0.15) is 12.1 Å². The molecule has 6 N–H and O–H groups in total. The molecule has 1 aliphatic rings. The SMILES string of the molecule is NC(=O)[C@H](CCCC(=O)O)NC(=O)[C@H](CCC(=O)O)NC(=O)CCc1ccc(-c2cc(C3=CCCC=C3)cs2)cc1. The molecule has 1 aromatic heterocycles. The van der Waals surface area contributed by atoms with Crippen molar-refractivity contribution in [2.75, 3.05) is 0 Å². The maximum atomic E-state index is 12.8. The van der Waals surface area contributed by atoms with Gasteiger partial charge in [0.2, 0.25) is 17.7 Å². The monoisotopic (exact) mass is 581 g/mol. The summed E-state index contributed by atoms with van der Waals surface area (Å²) in [4.78, 5) is 60.2. The fourth-order valence-electron chi connectivity index (χ4n) is 4.38. The van der Waals surface area contributed by atoms with E-state index in [9.17, 15) is 24.0 Å². The number of carboxylic acids is 2. The van der Waals surface area contributed by atoms with Crippen LogP contribution in [0.15, 0.2) is 53.9 Å². The maximum Gasteiger partial charge on any atom is 0.303 e. The minimum atomic E-state index is -1.19. The van der Waals surface area contributed by atoms with Crippen LogP contribution in [0.5, 0.6) is 0 Å². The van der Waals surface area contributed by atoms with E-state index in [1.807, 2.05) is 24.3 Å². The van der Waals surface area contributed by atoms with Crippen LogP contribution in [0.1, 0.15) is 62.5 Å². The average molecular weight is 582 g/mol. The summed E-state index contributed by atoms with van der Waals surface area (Å²) in [6.07, 6.45) is 8.52. The third-order valence-corrected chi connectivity index (χ3v) is 7.63. The normalized spacial score (nSPS) is 14.0. The Morgan fingerprint density at radius 3 is 2.24 bits per heavy atom. The molecule has 0 saturated carbocycles. The topological polar surface area (TPSA) is 176 Å². The highest BCUT2D eigenvalue weighted by molar-refractivity contribution is 7.13. The quantitative estimate of drug-likeness (QED) is 0.201. The van der Waals surface area contributed by atoms with Crippen LogP contribution in [0.25, 0.3) is 16.0 Å². The fourth-order valence-corrected chi connectivity index (χ4v) is 5.30. The molecule has 0 aliphatic heterocycles. The van der Waals surface area contributed by atoms with Crippen molar-refractivity contribution < 1.29 is 34.2 Å². The van der Waals surface area contributed by atoms with Gasteiger partial charge in [-0.3, -0.25) is 24.0 Å². The van der Waals surface area contributed by atoms with Gasteiger partial charge in [0.25, 0.3) is 0 Å². The molecule has 0 spiro atoms. The number of aliphatic carboxylic acids is 2. The van der Waals surface area contributed by atoms with Gasteiger partial charge in [-0.2, -0.15) is 0 Å². The van der Waals surface area contributed by atoms with Crippen molar-refractivity contribution in [3.05, 3.63) is 65.1 Å². The Hall–Kier alpha value is -4.25. The van der Waals surface area contributed by atoms with Gasteiger partial charge in [0.15, 0.2) is 0 Å². The van der Waals surface area contributed by atoms with Gasteiger partial charge in [-0.1, -0.05) is 42.5 Å². The van der Waals surface area contributed by atoms with Gasteiger partial charge in [0.05, 0.1) is 0 Å². The minimum Gasteiger partial charge on any atom is -0.481 e. The predicted octanol–water partition coefficient (Wildman–Crippen LogP) is 3.66. The van der Waals surface area contributed by atoms with Crippen LogP contribution in [-0.4, -0.2) is 52.0 Å². The number of thiophene rings is 1. The van der Waals surface area contributed by atoms with Crippen LogP contribution in [0.4, 0.5) is 0 Å². The van der Waals surface area contributed by atoms with Crippen molar-refractivity contribution in [3.8, 4) is 10.4 Å². The Morgan fingerprint density at radius 1 is 0.878 bits per heavy atom. The van der Waals surface area contributed by atoms with Gasteiger partial charge in [-0.25, -0.2) is 0 Å². The second-order valence-corrected chi connectivity index (χ2v) is 10.7. The van der Waals surface area contributed by atoms with Gasteiger partial charge in [-0.15, -0.1) is 11.3 Å². The molecule has 0 bridgehead atoms. The first-order chi connectivity index (χ1) is 19.6. The molecule has 3 rings (SSSR count). The molecular weight excluding hydrogens is 546 g/mol. The molecule has 2 atom stereocenters. The number of carbonyl (C=O) groups is 5. The number of benzene rings is 1. The number of aryl methyl sites for hydroxylation is 1. The molecule has 1 heterocycles. The number of hydrogen-bond acceptors (Lipinski definition) is 6. The van der Waals surface area contributed by atoms with E-state index < -0.39 is 41.7 Å². The molecule has 1 aliphatic carbocycles. The second kappa shape index (κ2) is 15.5. The van der Waals surface area contributed by atoms with Crippen molar-refractivity contribution in [2.24, 2.45) is 5.73 Å². The van der Waals surface area contributed by atoms with Crippen LogP contribution in [-0.2, 0) is 30.4 Å². The van der Waals surface area contributed by atoms with E-state index in [1.54, 1.807) is 11.3 Å². The average Bonchev–Trinajstić information content (AvgIpc) is 3.44. The first-order valence-electron chi connectivity index (χ1n) is 13.5. The number of amides is 3. The number of rotatable bonds is 16. The summed E-state index contributed by atoms with van der Waals surface area (Å²) in [6.45, 7) is 0. The molecule has 0 saturated heterocycles. The smallest absolute Gasteiger partial charge is 0.303 e. The highest BCUT2D eigenvalue weighted by Gasteiger charge is 2.26. The number of allylic oxidation sites excluding steroid dienone is 4. The van der Waals surface area contributed by atoms with E-state index in [1.165, 1.54) is 11.1 Å². The zero-order chi connectivity index (χ0) is 29.8. The number of nitrogens with two attached hydrogens (primary N) is 1. The van der Waals surface area contributed by atoms with E-state index in [4.69, 9.17) is 15.9 Å². The Morgan fingerprint density at radius 2 is 1.61 bits per heavy atom. The lowest BCUT2D eigenvalue weighted by Crippen LogP contribution is -2.53.